The van der Waals surface area contributed by atoms with Crippen molar-refractivity contribution in [2.75, 3.05) is 32.5 Å². The van der Waals surface area contributed by atoms with Gasteiger partial charge in [0.15, 0.2) is 0 Å². The Kier molecular flexibility index (Phi) is 4.19. The molecule has 1 N–H and O–H groups in total. The lowest BCUT2D eigenvalue weighted by molar-refractivity contribution is 0.425. The minimum absolute atomic E-state index is 0.894. The van der Waals surface area contributed by atoms with E-state index in [2.05, 4.69) is 64.3 Å². The topological polar surface area (TPSA) is 28.2 Å². The number of hydrogen-bond acceptors (Lipinski definition) is 3. The van der Waals surface area contributed by atoms with Gasteiger partial charge >= 0.3 is 0 Å². The van der Waals surface area contributed by atoms with Crippen molar-refractivity contribution in [1.29, 1.82) is 0 Å². The first-order valence-electron chi connectivity index (χ1n) is 6.02. The molecule has 0 spiro atoms. The van der Waals surface area contributed by atoms with E-state index in [0.29, 0.717) is 0 Å². The summed E-state index contributed by atoms with van der Waals surface area (Å²) in [6.07, 6.45) is 1.92. The van der Waals surface area contributed by atoms with E-state index >= 15 is 0 Å². The van der Waals surface area contributed by atoms with Gasteiger partial charge in [0.25, 0.3) is 0 Å². The van der Waals surface area contributed by atoms with E-state index in [4.69, 9.17) is 0 Å². The van der Waals surface area contributed by atoms with Crippen LogP contribution in [-0.2, 0) is 0 Å². The van der Waals surface area contributed by atoms with Crippen LogP contribution in [0.5, 0.6) is 0 Å². The fraction of sp³-hybridized carbons (Fsp3) is 0.357. The van der Waals surface area contributed by atoms with Crippen molar-refractivity contribution < 1.29 is 0 Å². The van der Waals surface area contributed by atoms with Gasteiger partial charge in [0.2, 0.25) is 0 Å². The highest BCUT2D eigenvalue weighted by atomic mass is 79.9. The Morgan fingerprint density at radius 3 is 2.83 bits per heavy atom. The number of aromatic nitrogens is 1. The summed E-state index contributed by atoms with van der Waals surface area (Å²) in [6.45, 7) is 3.97. The van der Waals surface area contributed by atoms with Crippen LogP contribution in [0.1, 0.15) is 5.56 Å². The predicted octanol–water partition coefficient (Wildman–Crippen LogP) is 3.28. The number of pyridine rings is 1. The molecular formula is C14H18BrN3. The monoisotopic (exact) mass is 307 g/mol. The number of fused-ring (bicyclic) bond motifs is 1. The zero-order chi connectivity index (χ0) is 13.1. The third-order valence-corrected chi connectivity index (χ3v) is 3.56. The van der Waals surface area contributed by atoms with Crippen LogP contribution < -0.4 is 5.32 Å². The Morgan fingerprint density at radius 2 is 2.11 bits per heavy atom. The molecule has 4 heteroatoms. The Labute approximate surface area is 116 Å². The van der Waals surface area contributed by atoms with Crippen LogP contribution in [0.4, 0.5) is 5.82 Å². The quantitative estimate of drug-likeness (QED) is 0.939. The largest absolute Gasteiger partial charge is 0.368 e. The highest BCUT2D eigenvalue weighted by molar-refractivity contribution is 9.10. The number of benzene rings is 1. The molecule has 18 heavy (non-hydrogen) atoms. The lowest BCUT2D eigenvalue weighted by Crippen LogP contribution is -2.21. The molecule has 0 bridgehead atoms. The molecule has 96 valence electrons. The van der Waals surface area contributed by atoms with Crippen LogP contribution in [0.3, 0.4) is 0 Å². The lowest BCUT2D eigenvalue weighted by atomic mass is 10.1. The van der Waals surface area contributed by atoms with Crippen molar-refractivity contribution in [3.8, 4) is 0 Å². The van der Waals surface area contributed by atoms with E-state index in [-0.39, 0.29) is 0 Å². The SMILES string of the molecule is Cc1cnc(NCCN(C)C)c2cccc(Br)c12. The van der Waals surface area contributed by atoms with Crippen molar-refractivity contribution in [1.82, 2.24) is 9.88 Å². The highest BCUT2D eigenvalue weighted by Gasteiger charge is 2.07. The summed E-state index contributed by atoms with van der Waals surface area (Å²) in [7, 11) is 4.14. The maximum absolute atomic E-state index is 4.49. The second-order valence-corrected chi connectivity index (χ2v) is 5.54. The molecule has 0 aliphatic rings. The van der Waals surface area contributed by atoms with Gasteiger partial charge in [0.1, 0.15) is 5.82 Å². The minimum atomic E-state index is 0.894. The van der Waals surface area contributed by atoms with Gasteiger partial charge < -0.3 is 10.2 Å². The van der Waals surface area contributed by atoms with E-state index in [1.54, 1.807) is 0 Å². The molecule has 0 saturated heterocycles. The summed E-state index contributed by atoms with van der Waals surface area (Å²) in [4.78, 5) is 6.65. The van der Waals surface area contributed by atoms with Crippen LogP contribution in [0.15, 0.2) is 28.9 Å². The first-order valence-corrected chi connectivity index (χ1v) is 6.81. The fourth-order valence-corrected chi connectivity index (χ4v) is 2.64. The summed E-state index contributed by atoms with van der Waals surface area (Å²) in [5.74, 6) is 0.957. The summed E-state index contributed by atoms with van der Waals surface area (Å²) < 4.78 is 1.12. The Bertz CT molecular complexity index is 544. The third kappa shape index (κ3) is 2.82. The van der Waals surface area contributed by atoms with Crippen molar-refractivity contribution in [2.45, 2.75) is 6.92 Å². The Morgan fingerprint density at radius 1 is 1.33 bits per heavy atom. The third-order valence-electron chi connectivity index (χ3n) is 2.90. The van der Waals surface area contributed by atoms with Gasteiger partial charge in [-0.15, -0.1) is 0 Å². The van der Waals surface area contributed by atoms with Gasteiger partial charge in [-0.2, -0.15) is 0 Å². The van der Waals surface area contributed by atoms with E-state index in [0.717, 1.165) is 23.4 Å². The zero-order valence-electron chi connectivity index (χ0n) is 11.0. The standard InChI is InChI=1S/C14H18BrN3/c1-10-9-17-14(16-7-8-18(2)3)11-5-4-6-12(15)13(10)11/h4-6,9H,7-8H2,1-3H3,(H,16,17). The van der Waals surface area contributed by atoms with Crippen molar-refractivity contribution in [3.63, 3.8) is 0 Å². The van der Waals surface area contributed by atoms with E-state index < -0.39 is 0 Å². The van der Waals surface area contributed by atoms with Crippen molar-refractivity contribution in [3.05, 3.63) is 34.4 Å². The average Bonchev–Trinajstić information content (AvgIpc) is 2.32. The van der Waals surface area contributed by atoms with Gasteiger partial charge in [0, 0.05) is 34.5 Å². The van der Waals surface area contributed by atoms with Crippen LogP contribution in [0.2, 0.25) is 0 Å². The molecular weight excluding hydrogens is 290 g/mol. The Hall–Kier alpha value is -1.13. The fourth-order valence-electron chi connectivity index (χ4n) is 1.96. The molecule has 2 aromatic rings. The molecule has 0 aliphatic carbocycles. The van der Waals surface area contributed by atoms with Gasteiger partial charge in [0.05, 0.1) is 0 Å². The second-order valence-electron chi connectivity index (χ2n) is 4.68. The number of nitrogens with zero attached hydrogens (tertiary/aromatic N) is 2. The average molecular weight is 308 g/mol. The number of halogens is 1. The molecule has 0 radical (unpaired) electrons. The molecule has 0 fully saturated rings. The first kappa shape index (κ1) is 13.3. The predicted molar refractivity (Wildman–Crippen MR) is 81.2 cm³/mol. The number of likely N-dealkylation sites (N-methyl/N-ethyl adjacent to an activating group) is 1. The molecule has 3 nitrogen and oxygen atoms in total. The number of anilines is 1. The van der Waals surface area contributed by atoms with Crippen molar-refractivity contribution in [2.24, 2.45) is 0 Å². The number of aryl methyl sites for hydroxylation is 1. The molecule has 0 atom stereocenters. The molecule has 0 unspecified atom stereocenters. The van der Waals surface area contributed by atoms with Crippen molar-refractivity contribution >= 4 is 32.5 Å². The lowest BCUT2D eigenvalue weighted by Gasteiger charge is -2.13. The molecule has 1 heterocycles. The molecule has 2 rings (SSSR count). The van der Waals surface area contributed by atoms with E-state index in [1.165, 1.54) is 16.3 Å². The molecule has 0 aliphatic heterocycles. The highest BCUT2D eigenvalue weighted by Crippen LogP contribution is 2.30. The molecule has 1 aromatic heterocycles. The summed E-state index contributed by atoms with van der Waals surface area (Å²) in [5.41, 5.74) is 1.19. The van der Waals surface area contributed by atoms with E-state index in [1.807, 2.05) is 12.3 Å². The summed E-state index contributed by atoms with van der Waals surface area (Å²) >= 11 is 3.61. The molecule has 0 amide bonds. The Balaban J connectivity index is 2.34. The van der Waals surface area contributed by atoms with Gasteiger partial charge in [-0.3, -0.25) is 0 Å². The maximum Gasteiger partial charge on any atom is 0.133 e. The molecule has 0 saturated carbocycles. The normalized spacial score (nSPS) is 11.2. The first-order chi connectivity index (χ1) is 8.59. The smallest absolute Gasteiger partial charge is 0.133 e. The maximum atomic E-state index is 4.49. The summed E-state index contributed by atoms with van der Waals surface area (Å²) in [6, 6.07) is 6.22. The number of hydrogen-bond donors (Lipinski definition) is 1. The minimum Gasteiger partial charge on any atom is -0.368 e. The zero-order valence-corrected chi connectivity index (χ0v) is 12.6. The summed E-state index contributed by atoms with van der Waals surface area (Å²) in [5, 5.41) is 5.81. The molecule has 1 aromatic carbocycles. The van der Waals surface area contributed by atoms with Crippen LogP contribution in [-0.4, -0.2) is 37.1 Å². The van der Waals surface area contributed by atoms with Gasteiger partial charge in [-0.25, -0.2) is 4.98 Å². The second kappa shape index (κ2) is 5.67. The van der Waals surface area contributed by atoms with Gasteiger partial charge in [-0.05, 0) is 32.6 Å². The van der Waals surface area contributed by atoms with Gasteiger partial charge in [-0.1, -0.05) is 28.1 Å². The van der Waals surface area contributed by atoms with Crippen LogP contribution >= 0.6 is 15.9 Å². The number of nitrogens with one attached hydrogen (secondary N) is 1. The van der Waals surface area contributed by atoms with E-state index in [9.17, 15) is 0 Å². The van der Waals surface area contributed by atoms with Crippen LogP contribution in [0.25, 0.3) is 10.8 Å². The number of rotatable bonds is 4. The van der Waals surface area contributed by atoms with Crippen LogP contribution in [0, 0.1) is 6.92 Å².